The van der Waals surface area contributed by atoms with Gasteiger partial charge in [-0.2, -0.15) is 0 Å². The summed E-state index contributed by atoms with van der Waals surface area (Å²) in [5, 5.41) is 10.4. The summed E-state index contributed by atoms with van der Waals surface area (Å²) >= 11 is 0. The van der Waals surface area contributed by atoms with Gasteiger partial charge in [-0.05, 0) is 30.3 Å². The van der Waals surface area contributed by atoms with Crippen molar-refractivity contribution in [3.63, 3.8) is 0 Å². The van der Waals surface area contributed by atoms with E-state index in [-0.39, 0.29) is 5.91 Å². The monoisotopic (exact) mass is 257 g/mol. The van der Waals surface area contributed by atoms with Crippen molar-refractivity contribution < 1.29 is 4.79 Å². The summed E-state index contributed by atoms with van der Waals surface area (Å²) in [7, 11) is 3.81. The van der Waals surface area contributed by atoms with Gasteiger partial charge in [0.15, 0.2) is 5.69 Å². The molecule has 98 valence electrons. The van der Waals surface area contributed by atoms with Crippen LogP contribution < -0.4 is 5.32 Å². The van der Waals surface area contributed by atoms with Gasteiger partial charge in [-0.25, -0.2) is 0 Å². The largest absolute Gasteiger partial charge is 0.321 e. The van der Waals surface area contributed by atoms with E-state index in [0.717, 1.165) is 18.8 Å². The molecule has 0 fully saturated rings. The molecule has 0 spiro atoms. The lowest BCUT2D eigenvalue weighted by molar-refractivity contribution is 0.102. The van der Waals surface area contributed by atoms with Gasteiger partial charge in [-0.3, -0.25) is 14.4 Å². The van der Waals surface area contributed by atoms with Crippen molar-refractivity contribution in [1.29, 1.82) is 0 Å². The van der Waals surface area contributed by atoms with E-state index in [2.05, 4.69) is 33.6 Å². The number of aryl methyl sites for hydroxylation is 1. The maximum absolute atomic E-state index is 12.0. The Balaban J connectivity index is 1.77. The summed E-state index contributed by atoms with van der Waals surface area (Å²) < 4.78 is 1.51. The maximum Gasteiger partial charge on any atom is 0.277 e. The standard InChI is InChI=1S/C13H15N5O/c1-17-6-9-3-4-11(5-10(9)7-17)14-13(19)12-8-18(2)16-15-12/h3-5,8H,6-7H2,1-2H3,(H,14,19). The highest BCUT2D eigenvalue weighted by Gasteiger charge is 2.16. The van der Waals surface area contributed by atoms with Gasteiger partial charge in [0.05, 0.1) is 6.20 Å². The molecular weight excluding hydrogens is 242 g/mol. The number of carbonyl (C=O) groups excluding carboxylic acids is 1. The fourth-order valence-electron chi connectivity index (χ4n) is 2.29. The number of nitrogens with one attached hydrogen (secondary N) is 1. The van der Waals surface area contributed by atoms with Gasteiger partial charge < -0.3 is 5.32 Å². The Morgan fingerprint density at radius 2 is 2.05 bits per heavy atom. The fraction of sp³-hybridized carbons (Fsp3) is 0.308. The highest BCUT2D eigenvalue weighted by atomic mass is 16.2. The molecule has 1 aromatic heterocycles. The van der Waals surface area contributed by atoms with Crippen LogP contribution in [0.4, 0.5) is 5.69 Å². The van der Waals surface area contributed by atoms with Crippen LogP contribution in [0, 0.1) is 0 Å². The zero-order valence-electron chi connectivity index (χ0n) is 10.9. The van der Waals surface area contributed by atoms with E-state index in [0.29, 0.717) is 5.69 Å². The number of carbonyl (C=O) groups is 1. The molecule has 0 bridgehead atoms. The van der Waals surface area contributed by atoms with Gasteiger partial charge in [-0.1, -0.05) is 11.3 Å². The third kappa shape index (κ3) is 2.34. The van der Waals surface area contributed by atoms with Gasteiger partial charge in [-0.15, -0.1) is 5.10 Å². The van der Waals surface area contributed by atoms with Gasteiger partial charge in [0, 0.05) is 25.8 Å². The summed E-state index contributed by atoms with van der Waals surface area (Å²) in [5.41, 5.74) is 3.70. The number of fused-ring (bicyclic) bond motifs is 1. The molecular formula is C13H15N5O. The molecule has 0 radical (unpaired) electrons. The van der Waals surface area contributed by atoms with Crippen LogP contribution in [0.15, 0.2) is 24.4 Å². The molecule has 0 atom stereocenters. The second kappa shape index (κ2) is 4.47. The van der Waals surface area contributed by atoms with Crippen molar-refractivity contribution in [3.8, 4) is 0 Å². The number of rotatable bonds is 2. The molecule has 2 aromatic rings. The Morgan fingerprint density at radius 3 is 2.79 bits per heavy atom. The molecule has 1 N–H and O–H groups in total. The summed E-state index contributed by atoms with van der Waals surface area (Å²) in [4.78, 5) is 14.2. The van der Waals surface area contributed by atoms with E-state index >= 15 is 0 Å². The highest BCUT2D eigenvalue weighted by molar-refractivity contribution is 6.02. The minimum absolute atomic E-state index is 0.237. The molecule has 2 heterocycles. The van der Waals surface area contributed by atoms with Crippen LogP contribution >= 0.6 is 0 Å². The molecule has 1 aromatic carbocycles. The fourth-order valence-corrected chi connectivity index (χ4v) is 2.29. The molecule has 0 saturated heterocycles. The minimum atomic E-state index is -0.237. The molecule has 6 nitrogen and oxygen atoms in total. The topological polar surface area (TPSA) is 63.1 Å². The number of aromatic nitrogens is 3. The average Bonchev–Trinajstić information content (AvgIpc) is 2.93. The van der Waals surface area contributed by atoms with Gasteiger partial charge in [0.2, 0.25) is 0 Å². The SMILES string of the molecule is CN1Cc2ccc(NC(=O)c3cn(C)nn3)cc2C1. The van der Waals surface area contributed by atoms with Crippen LogP contribution in [0.5, 0.6) is 0 Å². The Labute approximate surface area is 111 Å². The van der Waals surface area contributed by atoms with Crippen LogP contribution in [-0.2, 0) is 20.1 Å². The van der Waals surface area contributed by atoms with Crippen molar-refractivity contribution in [1.82, 2.24) is 19.9 Å². The van der Waals surface area contributed by atoms with E-state index in [4.69, 9.17) is 0 Å². The van der Waals surface area contributed by atoms with E-state index in [1.54, 1.807) is 13.2 Å². The lowest BCUT2D eigenvalue weighted by Crippen LogP contribution is -2.12. The zero-order valence-corrected chi connectivity index (χ0v) is 10.9. The Bertz CT molecular complexity index is 634. The lowest BCUT2D eigenvalue weighted by Gasteiger charge is -2.05. The van der Waals surface area contributed by atoms with Gasteiger partial charge >= 0.3 is 0 Å². The number of amides is 1. The molecule has 6 heteroatoms. The number of hydrogen-bond donors (Lipinski definition) is 1. The van der Waals surface area contributed by atoms with Crippen molar-refractivity contribution in [2.75, 3.05) is 12.4 Å². The molecule has 1 aliphatic rings. The van der Waals surface area contributed by atoms with Crippen molar-refractivity contribution in [2.24, 2.45) is 7.05 Å². The van der Waals surface area contributed by atoms with Crippen molar-refractivity contribution in [3.05, 3.63) is 41.2 Å². The molecule has 1 amide bonds. The molecule has 0 unspecified atom stereocenters. The number of benzene rings is 1. The summed E-state index contributed by atoms with van der Waals surface area (Å²) in [6.07, 6.45) is 1.59. The summed E-state index contributed by atoms with van der Waals surface area (Å²) in [5.74, 6) is -0.237. The van der Waals surface area contributed by atoms with E-state index in [1.165, 1.54) is 15.8 Å². The van der Waals surface area contributed by atoms with Crippen LogP contribution in [0.2, 0.25) is 0 Å². The normalized spacial score (nSPS) is 14.4. The molecule has 0 saturated carbocycles. The van der Waals surface area contributed by atoms with Crippen molar-refractivity contribution in [2.45, 2.75) is 13.1 Å². The quantitative estimate of drug-likeness (QED) is 0.872. The Kier molecular flexibility index (Phi) is 2.79. The van der Waals surface area contributed by atoms with Gasteiger partial charge in [0.25, 0.3) is 5.91 Å². The molecule has 3 rings (SSSR count). The molecule has 19 heavy (non-hydrogen) atoms. The molecule has 1 aliphatic heterocycles. The predicted octanol–water partition coefficient (Wildman–Crippen LogP) is 1.01. The first-order valence-electron chi connectivity index (χ1n) is 6.10. The first-order valence-corrected chi connectivity index (χ1v) is 6.10. The summed E-state index contributed by atoms with van der Waals surface area (Å²) in [6, 6.07) is 6.00. The first kappa shape index (κ1) is 11.9. The van der Waals surface area contributed by atoms with E-state index < -0.39 is 0 Å². The third-order valence-corrected chi connectivity index (χ3v) is 3.18. The lowest BCUT2D eigenvalue weighted by atomic mass is 10.1. The smallest absolute Gasteiger partial charge is 0.277 e. The minimum Gasteiger partial charge on any atom is -0.321 e. The van der Waals surface area contributed by atoms with Crippen molar-refractivity contribution >= 4 is 11.6 Å². The number of nitrogens with zero attached hydrogens (tertiary/aromatic N) is 4. The first-order chi connectivity index (χ1) is 9.11. The van der Waals surface area contributed by atoms with Gasteiger partial charge in [0.1, 0.15) is 0 Å². The van der Waals surface area contributed by atoms with Crippen LogP contribution in [0.25, 0.3) is 0 Å². The van der Waals surface area contributed by atoms with Crippen LogP contribution in [0.3, 0.4) is 0 Å². The third-order valence-electron chi connectivity index (χ3n) is 3.18. The predicted molar refractivity (Wildman–Crippen MR) is 70.6 cm³/mol. The summed E-state index contributed by atoms with van der Waals surface area (Å²) in [6.45, 7) is 1.89. The number of anilines is 1. The maximum atomic E-state index is 12.0. The van der Waals surface area contributed by atoms with Crippen LogP contribution in [0.1, 0.15) is 21.6 Å². The van der Waals surface area contributed by atoms with Crippen LogP contribution in [-0.4, -0.2) is 32.8 Å². The van der Waals surface area contributed by atoms with E-state index in [1.807, 2.05) is 12.1 Å². The second-order valence-electron chi connectivity index (χ2n) is 4.89. The second-order valence-corrected chi connectivity index (χ2v) is 4.89. The molecule has 0 aliphatic carbocycles. The number of hydrogen-bond acceptors (Lipinski definition) is 4. The highest BCUT2D eigenvalue weighted by Crippen LogP contribution is 2.24. The average molecular weight is 257 g/mol. The zero-order chi connectivity index (χ0) is 13.4. The Morgan fingerprint density at radius 1 is 1.26 bits per heavy atom. The Hall–Kier alpha value is -2.21. The van der Waals surface area contributed by atoms with E-state index in [9.17, 15) is 4.79 Å².